The van der Waals surface area contributed by atoms with Gasteiger partial charge in [0, 0.05) is 60.3 Å². The molecule has 9 nitrogen and oxygen atoms in total. The Bertz CT molecular complexity index is 1400. The number of β-amino-alcohol motifs (C(OH)–C–C–N with tert-alkyl or cyclic N) is 1. The second-order valence-electron chi connectivity index (χ2n) is 9.76. The quantitative estimate of drug-likeness (QED) is 0.386. The highest BCUT2D eigenvalue weighted by Gasteiger charge is 2.40. The number of carbonyl (C=O) groups excluding carboxylic acids is 2. The first kappa shape index (κ1) is 24.6. The topological polar surface area (TPSA) is 111 Å². The molecule has 1 atom stereocenters. The van der Waals surface area contributed by atoms with Gasteiger partial charge in [0.1, 0.15) is 17.3 Å². The zero-order chi connectivity index (χ0) is 26.6. The van der Waals surface area contributed by atoms with Crippen molar-refractivity contribution in [3.05, 3.63) is 59.4 Å². The summed E-state index contributed by atoms with van der Waals surface area (Å²) in [5.41, 5.74) is -0.447. The number of ether oxygens (including phenoxy) is 1. The van der Waals surface area contributed by atoms with Gasteiger partial charge in [-0.05, 0) is 55.7 Å². The fourth-order valence-electron chi connectivity index (χ4n) is 4.95. The van der Waals surface area contributed by atoms with Crippen LogP contribution in [0, 0.1) is 0 Å². The maximum absolute atomic E-state index is 13.1. The second-order valence-corrected chi connectivity index (χ2v) is 10.2. The van der Waals surface area contributed by atoms with Crippen molar-refractivity contribution in [1.29, 1.82) is 0 Å². The molecule has 3 aromatic rings. The fourth-order valence-corrected chi connectivity index (χ4v) is 5.04. The number of alkyl halides is 3. The maximum Gasteiger partial charge on any atom is 0.487 e. The van der Waals surface area contributed by atoms with Crippen LogP contribution in [0.4, 0.5) is 20.3 Å². The predicted molar refractivity (Wildman–Crippen MR) is 136 cm³/mol. The number of aliphatic hydroxyl groups excluding tert-OH is 1. The van der Waals surface area contributed by atoms with E-state index in [9.17, 15) is 23.5 Å². The molecule has 0 bridgehead atoms. The Hall–Kier alpha value is -3.70. The third kappa shape index (κ3) is 4.91. The lowest BCUT2D eigenvalue weighted by Gasteiger charge is -2.21. The molecule has 198 valence electrons. The lowest BCUT2D eigenvalue weighted by molar-refractivity contribution is -0.0964. The summed E-state index contributed by atoms with van der Waals surface area (Å²) >= 11 is 4.79. The Morgan fingerprint density at radius 2 is 1.97 bits per heavy atom. The first-order valence-corrected chi connectivity index (χ1v) is 12.7. The van der Waals surface area contributed by atoms with Crippen molar-refractivity contribution in [1.82, 2.24) is 14.9 Å². The second kappa shape index (κ2) is 9.25. The standard InChI is InChI=1S/C26H24ClF2N5O4/c27-26(28,29)38-19-5-1-16(2-6-19)31-24(36)14-9-20(23(30-11-14)33-8-7-18(35)13-33)21-10-15-12-34(17-3-4-17)25(37)22(15)32-21/h1-2,5-6,9-11,17-18,32,35H,3-4,7-8,12-13H2,(H,31,36)/t18-/m1/s1. The number of aromatic nitrogens is 2. The number of H-pyrrole nitrogens is 1. The summed E-state index contributed by atoms with van der Waals surface area (Å²) in [6, 6.07) is 9.29. The van der Waals surface area contributed by atoms with E-state index in [1.54, 1.807) is 6.07 Å². The fraction of sp³-hybridized carbons (Fsp3) is 0.346. The van der Waals surface area contributed by atoms with Crippen LogP contribution in [-0.4, -0.2) is 62.6 Å². The number of nitrogens with zero attached hydrogens (tertiary/aromatic N) is 3. The molecule has 2 fully saturated rings. The molecule has 6 rings (SSSR count). The number of aromatic amines is 1. The molecule has 0 unspecified atom stereocenters. The van der Waals surface area contributed by atoms with E-state index in [-0.39, 0.29) is 17.2 Å². The van der Waals surface area contributed by atoms with Crippen LogP contribution in [0.3, 0.4) is 0 Å². The van der Waals surface area contributed by atoms with Gasteiger partial charge in [-0.3, -0.25) is 9.59 Å². The maximum atomic E-state index is 13.1. The molecule has 0 radical (unpaired) electrons. The first-order chi connectivity index (χ1) is 18.1. The zero-order valence-electron chi connectivity index (χ0n) is 20.1. The highest BCUT2D eigenvalue weighted by molar-refractivity contribution is 6.20. The van der Waals surface area contributed by atoms with Crippen molar-refractivity contribution in [2.75, 3.05) is 23.3 Å². The van der Waals surface area contributed by atoms with Crippen LogP contribution in [0.15, 0.2) is 42.6 Å². The molecule has 1 saturated carbocycles. The Balaban J connectivity index is 1.27. The Kier molecular flexibility index (Phi) is 5.99. The SMILES string of the molecule is O=C(Nc1ccc(OC(F)(F)Cl)cc1)c1cnc(N2CC[C@@H](O)C2)c(-c2cc3c([nH]2)C(=O)N(C2CC2)C3)c1. The summed E-state index contributed by atoms with van der Waals surface area (Å²) in [4.78, 5) is 37.6. The van der Waals surface area contributed by atoms with Crippen LogP contribution >= 0.6 is 11.6 Å². The number of carbonyl (C=O) groups is 2. The average molecular weight is 544 g/mol. The van der Waals surface area contributed by atoms with E-state index < -0.39 is 17.6 Å². The van der Waals surface area contributed by atoms with E-state index in [0.29, 0.717) is 60.6 Å². The van der Waals surface area contributed by atoms with Crippen molar-refractivity contribution < 1.29 is 28.2 Å². The average Bonchev–Trinajstić information content (AvgIpc) is 3.35. The lowest BCUT2D eigenvalue weighted by Crippen LogP contribution is -2.26. The molecule has 3 aliphatic rings. The Labute approximate surface area is 221 Å². The number of hydrogen-bond donors (Lipinski definition) is 3. The summed E-state index contributed by atoms with van der Waals surface area (Å²) < 4.78 is 30.0. The summed E-state index contributed by atoms with van der Waals surface area (Å²) in [5, 5.41) is 12.8. The van der Waals surface area contributed by atoms with Crippen molar-refractivity contribution in [2.24, 2.45) is 0 Å². The third-order valence-electron chi connectivity index (χ3n) is 6.93. The van der Waals surface area contributed by atoms with Crippen LogP contribution < -0.4 is 15.0 Å². The molecular weight excluding hydrogens is 520 g/mol. The van der Waals surface area contributed by atoms with Gasteiger partial charge in [0.15, 0.2) is 0 Å². The minimum absolute atomic E-state index is 0.0203. The monoisotopic (exact) mass is 543 g/mol. The normalized spacial score (nSPS) is 19.2. The van der Waals surface area contributed by atoms with Gasteiger partial charge >= 0.3 is 5.57 Å². The van der Waals surface area contributed by atoms with E-state index in [4.69, 9.17) is 11.6 Å². The molecule has 12 heteroatoms. The highest BCUT2D eigenvalue weighted by atomic mass is 35.5. The zero-order valence-corrected chi connectivity index (χ0v) is 20.8. The van der Waals surface area contributed by atoms with Crippen LogP contribution in [0.25, 0.3) is 11.3 Å². The van der Waals surface area contributed by atoms with Crippen molar-refractivity contribution >= 4 is 34.9 Å². The van der Waals surface area contributed by atoms with Crippen LogP contribution in [0.2, 0.25) is 0 Å². The summed E-state index contributed by atoms with van der Waals surface area (Å²) in [6.45, 7) is 1.57. The van der Waals surface area contributed by atoms with Gasteiger partial charge in [0.2, 0.25) is 0 Å². The van der Waals surface area contributed by atoms with Gasteiger partial charge in [-0.25, -0.2) is 4.98 Å². The van der Waals surface area contributed by atoms with Crippen LogP contribution in [-0.2, 0) is 6.54 Å². The number of rotatable bonds is 7. The number of benzene rings is 1. The molecule has 0 spiro atoms. The Morgan fingerprint density at radius 3 is 2.61 bits per heavy atom. The van der Waals surface area contributed by atoms with Gasteiger partial charge in [0.25, 0.3) is 11.8 Å². The van der Waals surface area contributed by atoms with Crippen LogP contribution in [0.1, 0.15) is 45.7 Å². The summed E-state index contributed by atoms with van der Waals surface area (Å²) in [5.74, 6) is -0.0296. The molecule has 2 aliphatic heterocycles. The molecule has 38 heavy (non-hydrogen) atoms. The molecule has 4 heterocycles. The number of fused-ring (bicyclic) bond motifs is 1. The highest BCUT2D eigenvalue weighted by Crippen LogP contribution is 2.38. The molecule has 1 aliphatic carbocycles. The van der Waals surface area contributed by atoms with Gasteiger partial charge < -0.3 is 29.9 Å². The van der Waals surface area contributed by atoms with Crippen LogP contribution in [0.5, 0.6) is 5.75 Å². The first-order valence-electron chi connectivity index (χ1n) is 12.3. The summed E-state index contributed by atoms with van der Waals surface area (Å²) in [6.07, 6.45) is 3.64. The predicted octanol–water partition coefficient (Wildman–Crippen LogP) is 4.19. The smallest absolute Gasteiger partial charge is 0.420 e. The Morgan fingerprint density at radius 1 is 1.21 bits per heavy atom. The van der Waals surface area contributed by atoms with E-state index in [1.807, 2.05) is 15.9 Å². The number of halogens is 3. The number of aliphatic hydroxyl groups is 1. The van der Waals surface area contributed by atoms with Gasteiger partial charge in [0.05, 0.1) is 17.4 Å². The number of hydrogen-bond acceptors (Lipinski definition) is 6. The van der Waals surface area contributed by atoms with E-state index in [1.165, 1.54) is 30.5 Å². The van der Waals surface area contributed by atoms with Gasteiger partial charge in [-0.2, -0.15) is 0 Å². The minimum Gasteiger partial charge on any atom is -0.420 e. The summed E-state index contributed by atoms with van der Waals surface area (Å²) in [7, 11) is 0. The molecule has 2 aromatic heterocycles. The number of amides is 2. The number of nitrogens with one attached hydrogen (secondary N) is 2. The number of anilines is 2. The molecule has 1 aromatic carbocycles. The van der Waals surface area contributed by atoms with Crippen molar-refractivity contribution in [2.45, 2.75) is 43.5 Å². The lowest BCUT2D eigenvalue weighted by atomic mass is 10.1. The van der Waals surface area contributed by atoms with Gasteiger partial charge in [-0.1, -0.05) is 0 Å². The third-order valence-corrected chi connectivity index (χ3v) is 7.01. The molecular formula is C26H24ClF2N5O4. The van der Waals surface area contributed by atoms with Crippen molar-refractivity contribution in [3.8, 4) is 17.0 Å². The number of pyridine rings is 1. The molecule has 2 amide bonds. The minimum atomic E-state index is -3.83. The largest absolute Gasteiger partial charge is 0.487 e. The van der Waals surface area contributed by atoms with E-state index >= 15 is 0 Å². The molecule has 3 N–H and O–H groups in total. The van der Waals surface area contributed by atoms with E-state index in [2.05, 4.69) is 20.0 Å². The van der Waals surface area contributed by atoms with E-state index in [0.717, 1.165) is 18.4 Å². The molecule has 1 saturated heterocycles. The van der Waals surface area contributed by atoms with Crippen molar-refractivity contribution in [3.63, 3.8) is 0 Å². The van der Waals surface area contributed by atoms with Gasteiger partial charge in [-0.15, -0.1) is 8.78 Å².